The fraction of sp³-hybridized carbons (Fsp3) is 0.231. The molecule has 0 atom stereocenters. The lowest BCUT2D eigenvalue weighted by molar-refractivity contribution is 0.657. The van der Waals surface area contributed by atoms with Crippen LogP contribution in [-0.4, -0.2) is 26.1 Å². The normalized spacial score (nSPS) is 11.2. The molecule has 20 heavy (non-hydrogen) atoms. The topological polar surface area (TPSA) is 107 Å². The Balaban J connectivity index is 2.43. The molecule has 2 heterocycles. The van der Waals surface area contributed by atoms with E-state index in [9.17, 15) is 9.59 Å². The summed E-state index contributed by atoms with van der Waals surface area (Å²) < 4.78 is 1.82. The first-order valence-electron chi connectivity index (χ1n) is 6.30. The Kier molecular flexibility index (Phi) is 3.03. The predicted molar refractivity (Wildman–Crippen MR) is 74.7 cm³/mol. The molecule has 0 aliphatic carbocycles. The summed E-state index contributed by atoms with van der Waals surface area (Å²) in [6.45, 7) is 1.09. The summed E-state index contributed by atoms with van der Waals surface area (Å²) in [5.41, 5.74) is 6.03. The zero-order chi connectivity index (χ0) is 14.1. The first-order chi connectivity index (χ1) is 9.70. The molecule has 0 saturated heterocycles. The van der Waals surface area contributed by atoms with E-state index >= 15 is 0 Å². The molecule has 0 fully saturated rings. The van der Waals surface area contributed by atoms with E-state index in [-0.39, 0.29) is 5.69 Å². The van der Waals surface area contributed by atoms with Crippen LogP contribution in [0.2, 0.25) is 0 Å². The molecule has 0 amide bonds. The predicted octanol–water partition coefficient (Wildman–Crippen LogP) is -0.0666. The Bertz CT molecular complexity index is 851. The third kappa shape index (κ3) is 1.97. The number of nitrogens with two attached hydrogens (primary N) is 1. The van der Waals surface area contributed by atoms with Crippen LogP contribution in [0.4, 0.5) is 0 Å². The van der Waals surface area contributed by atoms with Crippen molar-refractivity contribution in [2.45, 2.75) is 13.0 Å². The van der Waals surface area contributed by atoms with Gasteiger partial charge in [-0.15, -0.1) is 0 Å². The lowest BCUT2D eigenvalue weighted by atomic mass is 10.2. The van der Waals surface area contributed by atoms with E-state index in [4.69, 9.17) is 5.73 Å². The molecule has 2 aliphatic heterocycles. The number of aromatic amines is 1. The van der Waals surface area contributed by atoms with Crippen LogP contribution < -0.4 is 17.0 Å². The van der Waals surface area contributed by atoms with Gasteiger partial charge in [-0.3, -0.25) is 9.78 Å². The minimum atomic E-state index is -0.666. The second-order valence-corrected chi connectivity index (χ2v) is 4.44. The van der Waals surface area contributed by atoms with Crippen molar-refractivity contribution < 1.29 is 0 Å². The molecule has 0 radical (unpaired) electrons. The maximum absolute atomic E-state index is 11.9. The van der Waals surface area contributed by atoms with Crippen molar-refractivity contribution in [3.8, 4) is 11.5 Å². The molecular formula is C13H13N5O2. The summed E-state index contributed by atoms with van der Waals surface area (Å²) in [6.07, 6.45) is 0.719. The van der Waals surface area contributed by atoms with E-state index in [1.807, 2.05) is 28.8 Å². The van der Waals surface area contributed by atoms with Crippen LogP contribution in [0.25, 0.3) is 22.6 Å². The number of nitrogens with one attached hydrogen (secondary N) is 1. The van der Waals surface area contributed by atoms with Crippen LogP contribution in [0.1, 0.15) is 6.42 Å². The number of aromatic nitrogens is 4. The lowest BCUT2D eigenvalue weighted by Crippen LogP contribution is -2.29. The van der Waals surface area contributed by atoms with Gasteiger partial charge in [0.25, 0.3) is 5.56 Å². The van der Waals surface area contributed by atoms with E-state index < -0.39 is 11.2 Å². The highest BCUT2D eigenvalue weighted by Gasteiger charge is 2.17. The van der Waals surface area contributed by atoms with Crippen LogP contribution >= 0.6 is 0 Å². The molecule has 0 aromatic heterocycles. The molecule has 7 heteroatoms. The van der Waals surface area contributed by atoms with Gasteiger partial charge < -0.3 is 10.3 Å². The van der Waals surface area contributed by atoms with E-state index in [0.29, 0.717) is 24.4 Å². The highest BCUT2D eigenvalue weighted by atomic mass is 16.2. The molecule has 1 aromatic carbocycles. The molecule has 0 unspecified atom stereocenters. The Morgan fingerprint density at radius 1 is 1.20 bits per heavy atom. The Hall–Kier alpha value is -2.54. The zero-order valence-electron chi connectivity index (χ0n) is 10.7. The number of rotatable bonds is 3. The third-order valence-corrected chi connectivity index (χ3v) is 3.10. The highest BCUT2D eigenvalue weighted by Crippen LogP contribution is 2.20. The van der Waals surface area contributed by atoms with Gasteiger partial charge in [-0.25, -0.2) is 9.78 Å². The fourth-order valence-corrected chi connectivity index (χ4v) is 2.22. The highest BCUT2D eigenvalue weighted by molar-refractivity contribution is 5.79. The van der Waals surface area contributed by atoms with Gasteiger partial charge in [0.1, 0.15) is 0 Å². The minimum Gasteiger partial charge on any atom is -0.330 e. The summed E-state index contributed by atoms with van der Waals surface area (Å²) in [6, 6.07) is 7.42. The second-order valence-electron chi connectivity index (χ2n) is 4.44. The molecular weight excluding hydrogens is 258 g/mol. The molecule has 0 spiro atoms. The van der Waals surface area contributed by atoms with E-state index in [0.717, 1.165) is 11.9 Å². The van der Waals surface area contributed by atoms with Crippen molar-refractivity contribution in [1.82, 2.24) is 19.5 Å². The van der Waals surface area contributed by atoms with E-state index in [2.05, 4.69) is 15.0 Å². The van der Waals surface area contributed by atoms with Crippen molar-refractivity contribution in [3.63, 3.8) is 0 Å². The molecule has 0 saturated carbocycles. The average molecular weight is 271 g/mol. The average Bonchev–Trinajstić information content (AvgIpc) is 2.44. The van der Waals surface area contributed by atoms with Gasteiger partial charge in [-0.2, -0.15) is 4.98 Å². The minimum absolute atomic E-state index is 0.167. The van der Waals surface area contributed by atoms with Crippen molar-refractivity contribution in [2.24, 2.45) is 5.73 Å². The van der Waals surface area contributed by atoms with Gasteiger partial charge in [0.15, 0.2) is 11.5 Å². The van der Waals surface area contributed by atoms with Crippen molar-refractivity contribution in [2.75, 3.05) is 6.54 Å². The van der Waals surface area contributed by atoms with Gasteiger partial charge in [0.05, 0.1) is 11.0 Å². The summed E-state index contributed by atoms with van der Waals surface area (Å²) in [7, 11) is 0. The smallest absolute Gasteiger partial charge is 0.330 e. The monoisotopic (exact) mass is 271 g/mol. The Morgan fingerprint density at radius 2 is 2.00 bits per heavy atom. The molecule has 1 aromatic rings. The molecule has 102 valence electrons. The van der Waals surface area contributed by atoms with Gasteiger partial charge >= 0.3 is 5.69 Å². The third-order valence-electron chi connectivity index (χ3n) is 3.10. The van der Waals surface area contributed by atoms with Gasteiger partial charge in [0, 0.05) is 6.54 Å². The Morgan fingerprint density at radius 3 is 2.80 bits per heavy atom. The molecule has 0 bridgehead atoms. The lowest BCUT2D eigenvalue weighted by Gasteiger charge is -2.15. The van der Waals surface area contributed by atoms with E-state index in [1.54, 1.807) is 0 Å². The number of H-pyrrole nitrogens is 1. The first kappa shape index (κ1) is 12.5. The van der Waals surface area contributed by atoms with Crippen LogP contribution in [-0.2, 0) is 6.54 Å². The summed E-state index contributed by atoms with van der Waals surface area (Å²) in [5.74, 6) is 0.297. The van der Waals surface area contributed by atoms with Crippen molar-refractivity contribution in [1.29, 1.82) is 0 Å². The van der Waals surface area contributed by atoms with Gasteiger partial charge in [-0.05, 0) is 25.1 Å². The SMILES string of the molecule is NCCCn1c2nc(=O)[nH]c(=O)c-2nc2ccccc21. The maximum atomic E-state index is 11.9. The van der Waals surface area contributed by atoms with Crippen molar-refractivity contribution >= 4 is 11.0 Å². The number of para-hydroxylation sites is 2. The first-order valence-corrected chi connectivity index (χ1v) is 6.30. The Labute approximate surface area is 113 Å². The zero-order valence-corrected chi connectivity index (χ0v) is 10.7. The largest absolute Gasteiger partial charge is 0.349 e. The standard InChI is InChI=1S/C13H13N5O2/c14-6-3-7-18-9-5-2-1-4-8(9)15-10-11(18)16-13(20)17-12(10)19/h1-2,4-5H,3,6-7,14H2,(H,17,19,20). The van der Waals surface area contributed by atoms with Gasteiger partial charge in [-0.1, -0.05) is 12.1 Å². The van der Waals surface area contributed by atoms with Crippen molar-refractivity contribution in [3.05, 3.63) is 45.1 Å². The summed E-state index contributed by atoms with van der Waals surface area (Å²) in [5, 5.41) is 0. The molecule has 3 N–H and O–H groups in total. The van der Waals surface area contributed by atoms with Crippen LogP contribution in [0, 0.1) is 0 Å². The fourth-order valence-electron chi connectivity index (χ4n) is 2.22. The second kappa shape index (κ2) is 4.86. The number of hydrogen-bond acceptors (Lipinski definition) is 5. The summed E-state index contributed by atoms with van der Waals surface area (Å²) >= 11 is 0. The summed E-state index contributed by atoms with van der Waals surface area (Å²) in [4.78, 5) is 33.6. The number of benzene rings is 1. The van der Waals surface area contributed by atoms with Crippen LogP contribution in [0.15, 0.2) is 33.9 Å². The quantitative estimate of drug-likeness (QED) is 0.649. The molecule has 2 aliphatic rings. The molecule has 7 nitrogen and oxygen atoms in total. The van der Waals surface area contributed by atoms with Crippen LogP contribution in [0.3, 0.4) is 0 Å². The van der Waals surface area contributed by atoms with Crippen LogP contribution in [0.5, 0.6) is 0 Å². The number of aryl methyl sites for hydroxylation is 1. The number of fused-ring (bicyclic) bond motifs is 2. The number of hydrogen-bond donors (Lipinski definition) is 2. The van der Waals surface area contributed by atoms with Gasteiger partial charge in [0.2, 0.25) is 0 Å². The maximum Gasteiger partial charge on any atom is 0.349 e. The van der Waals surface area contributed by atoms with E-state index in [1.165, 1.54) is 0 Å². The number of nitrogens with zero attached hydrogens (tertiary/aromatic N) is 3. The molecule has 3 rings (SSSR count).